The van der Waals surface area contributed by atoms with Crippen LogP contribution < -0.4 is 4.90 Å². The van der Waals surface area contributed by atoms with Gasteiger partial charge in [0.05, 0.1) is 28.5 Å². The molecule has 4 heterocycles. The number of imidazole rings is 1. The van der Waals surface area contributed by atoms with Gasteiger partial charge in [-0.3, -0.25) is 4.68 Å². The van der Waals surface area contributed by atoms with Crippen molar-refractivity contribution in [1.29, 1.82) is 0 Å². The zero-order chi connectivity index (χ0) is 20.8. The summed E-state index contributed by atoms with van der Waals surface area (Å²) in [4.78, 5) is 20.3. The molecule has 5 rings (SSSR count). The first kappa shape index (κ1) is 18.8. The van der Waals surface area contributed by atoms with Crippen LogP contribution in [0.15, 0.2) is 30.5 Å². The van der Waals surface area contributed by atoms with Crippen LogP contribution >= 0.6 is 0 Å². The minimum Gasteiger partial charge on any atom is -0.340 e. The van der Waals surface area contributed by atoms with Gasteiger partial charge >= 0.3 is 0 Å². The lowest BCUT2D eigenvalue weighted by molar-refractivity contribution is 0.634. The average molecular weight is 402 g/mol. The molecule has 3 aromatic heterocycles. The third kappa shape index (κ3) is 2.96. The van der Waals surface area contributed by atoms with Crippen LogP contribution in [-0.4, -0.2) is 36.3 Å². The molecule has 0 aliphatic carbocycles. The molecule has 0 radical (unpaired) electrons. The third-order valence-electron chi connectivity index (χ3n) is 6.14. The van der Waals surface area contributed by atoms with Gasteiger partial charge in [-0.15, -0.1) is 0 Å². The molecule has 7 heteroatoms. The lowest BCUT2D eigenvalue weighted by atomic mass is 10.1. The second-order valence-electron chi connectivity index (χ2n) is 8.05. The predicted molar refractivity (Wildman–Crippen MR) is 119 cm³/mol. The Morgan fingerprint density at radius 3 is 2.77 bits per heavy atom. The Labute approximate surface area is 176 Å². The number of aromatic nitrogens is 6. The fourth-order valence-corrected chi connectivity index (χ4v) is 4.64. The van der Waals surface area contributed by atoms with Crippen molar-refractivity contribution in [3.8, 4) is 11.3 Å². The number of anilines is 1. The van der Waals surface area contributed by atoms with Crippen molar-refractivity contribution in [2.24, 2.45) is 0 Å². The summed E-state index contributed by atoms with van der Waals surface area (Å²) in [5.74, 6) is 1.76. The van der Waals surface area contributed by atoms with E-state index in [-0.39, 0.29) is 6.04 Å². The van der Waals surface area contributed by atoms with Crippen molar-refractivity contribution >= 4 is 17.0 Å². The van der Waals surface area contributed by atoms with Gasteiger partial charge in [-0.1, -0.05) is 12.1 Å². The third-order valence-corrected chi connectivity index (χ3v) is 6.14. The number of hydrogen-bond donors (Lipinski definition) is 1. The Morgan fingerprint density at radius 2 is 2.00 bits per heavy atom. The number of H-pyrrole nitrogens is 1. The Hall–Kier alpha value is -3.22. The molecule has 1 fully saturated rings. The molecule has 0 amide bonds. The molecule has 4 aromatic rings. The number of nitrogens with zero attached hydrogens (tertiary/aromatic N) is 6. The molecule has 1 saturated heterocycles. The Balaban J connectivity index is 1.53. The second kappa shape index (κ2) is 7.23. The van der Waals surface area contributed by atoms with Gasteiger partial charge in [-0.25, -0.2) is 15.0 Å². The molecule has 1 N–H and O–H groups in total. The van der Waals surface area contributed by atoms with Crippen LogP contribution in [0, 0.1) is 20.8 Å². The first-order valence-electron chi connectivity index (χ1n) is 10.7. The number of rotatable bonds is 4. The number of para-hydroxylation sites is 1. The van der Waals surface area contributed by atoms with E-state index in [2.05, 4.69) is 58.9 Å². The summed E-state index contributed by atoms with van der Waals surface area (Å²) in [5, 5.41) is 4.65. The molecule has 1 aliphatic rings. The highest BCUT2D eigenvalue weighted by Crippen LogP contribution is 2.35. The zero-order valence-electron chi connectivity index (χ0n) is 18.0. The van der Waals surface area contributed by atoms with Crippen molar-refractivity contribution in [1.82, 2.24) is 29.7 Å². The smallest absolute Gasteiger partial charge is 0.226 e. The van der Waals surface area contributed by atoms with Gasteiger partial charge in [0.25, 0.3) is 0 Å². The standard InChI is InChI=1S/C23H27N7/c1-5-30-16(4)20(15(3)28-30)17-11-12-24-23(26-17)29-13-7-10-19(29)22-25-18-9-6-8-14(2)21(18)27-22/h6,8-9,11-12,19H,5,7,10,13H2,1-4H3,(H,25,27)/t19-/m1/s1. The summed E-state index contributed by atoms with van der Waals surface area (Å²) in [7, 11) is 0. The highest BCUT2D eigenvalue weighted by atomic mass is 15.3. The number of fused-ring (bicyclic) bond motifs is 1. The summed E-state index contributed by atoms with van der Waals surface area (Å²) in [6, 6.07) is 8.41. The number of hydrogen-bond acceptors (Lipinski definition) is 5. The Bertz CT molecular complexity index is 1220. The molecule has 30 heavy (non-hydrogen) atoms. The molecule has 0 saturated carbocycles. The van der Waals surface area contributed by atoms with Gasteiger partial charge < -0.3 is 9.88 Å². The van der Waals surface area contributed by atoms with Crippen molar-refractivity contribution < 1.29 is 0 Å². The molecule has 1 atom stereocenters. The highest BCUT2D eigenvalue weighted by Gasteiger charge is 2.31. The van der Waals surface area contributed by atoms with Gasteiger partial charge in [-0.05, 0) is 58.2 Å². The van der Waals surface area contributed by atoms with Gasteiger partial charge in [-0.2, -0.15) is 5.10 Å². The van der Waals surface area contributed by atoms with Gasteiger partial charge in [0.2, 0.25) is 5.95 Å². The van der Waals surface area contributed by atoms with Crippen molar-refractivity contribution in [3.63, 3.8) is 0 Å². The first-order chi connectivity index (χ1) is 14.6. The first-order valence-corrected chi connectivity index (χ1v) is 10.7. The highest BCUT2D eigenvalue weighted by molar-refractivity contribution is 5.78. The fraction of sp³-hybridized carbons (Fsp3) is 0.391. The number of aryl methyl sites for hydroxylation is 3. The van der Waals surface area contributed by atoms with E-state index in [0.29, 0.717) is 0 Å². The van der Waals surface area contributed by atoms with Crippen LogP contribution in [0.3, 0.4) is 0 Å². The number of benzene rings is 1. The SMILES string of the molecule is CCn1nc(C)c(-c2ccnc(N3CCC[C@@H]3c3nc4c(C)cccc4[nH]3)n2)c1C. The molecular formula is C23H27N7. The van der Waals surface area contributed by atoms with Crippen LogP contribution in [0.2, 0.25) is 0 Å². The Kier molecular flexibility index (Phi) is 4.53. The van der Waals surface area contributed by atoms with Crippen LogP contribution in [0.5, 0.6) is 0 Å². The molecule has 7 nitrogen and oxygen atoms in total. The summed E-state index contributed by atoms with van der Waals surface area (Å²) in [5.41, 5.74) is 7.51. The van der Waals surface area contributed by atoms with Crippen LogP contribution in [0.4, 0.5) is 5.95 Å². The monoisotopic (exact) mass is 401 g/mol. The van der Waals surface area contributed by atoms with E-state index in [9.17, 15) is 0 Å². The van der Waals surface area contributed by atoms with E-state index in [1.807, 2.05) is 23.9 Å². The lowest BCUT2D eigenvalue weighted by Crippen LogP contribution is -2.25. The second-order valence-corrected chi connectivity index (χ2v) is 8.05. The van der Waals surface area contributed by atoms with Gasteiger partial charge in [0.1, 0.15) is 5.82 Å². The summed E-state index contributed by atoms with van der Waals surface area (Å²) in [6.07, 6.45) is 4.00. The van der Waals surface area contributed by atoms with Crippen LogP contribution in [0.25, 0.3) is 22.3 Å². The van der Waals surface area contributed by atoms with E-state index in [0.717, 1.165) is 71.4 Å². The molecular weight excluding hydrogens is 374 g/mol. The average Bonchev–Trinajstić information content (AvgIpc) is 3.45. The summed E-state index contributed by atoms with van der Waals surface area (Å²) < 4.78 is 2.03. The van der Waals surface area contributed by atoms with Gasteiger partial charge in [0, 0.05) is 30.5 Å². The van der Waals surface area contributed by atoms with E-state index in [1.54, 1.807) is 0 Å². The number of aromatic amines is 1. The largest absolute Gasteiger partial charge is 0.340 e. The fourth-order valence-electron chi connectivity index (χ4n) is 4.64. The molecule has 0 unspecified atom stereocenters. The molecule has 0 spiro atoms. The molecule has 0 bridgehead atoms. The summed E-state index contributed by atoms with van der Waals surface area (Å²) >= 11 is 0. The lowest BCUT2D eigenvalue weighted by Gasteiger charge is -2.23. The zero-order valence-corrected chi connectivity index (χ0v) is 18.0. The predicted octanol–water partition coefficient (Wildman–Crippen LogP) is 4.50. The van der Waals surface area contributed by atoms with Crippen LogP contribution in [0.1, 0.15) is 48.6 Å². The maximum atomic E-state index is 4.96. The molecule has 1 aliphatic heterocycles. The Morgan fingerprint density at radius 1 is 1.13 bits per heavy atom. The normalized spacial score (nSPS) is 16.7. The van der Waals surface area contributed by atoms with E-state index < -0.39 is 0 Å². The van der Waals surface area contributed by atoms with Gasteiger partial charge in [0.15, 0.2) is 0 Å². The van der Waals surface area contributed by atoms with Crippen LogP contribution in [-0.2, 0) is 6.54 Å². The maximum Gasteiger partial charge on any atom is 0.226 e. The minimum atomic E-state index is 0.160. The molecule has 1 aromatic carbocycles. The van der Waals surface area contributed by atoms with Crippen molar-refractivity contribution in [2.45, 2.75) is 53.1 Å². The minimum absolute atomic E-state index is 0.160. The van der Waals surface area contributed by atoms with Crippen molar-refractivity contribution in [2.75, 3.05) is 11.4 Å². The van der Waals surface area contributed by atoms with E-state index in [4.69, 9.17) is 9.97 Å². The quantitative estimate of drug-likeness (QED) is 0.545. The summed E-state index contributed by atoms with van der Waals surface area (Å²) in [6.45, 7) is 10.1. The van der Waals surface area contributed by atoms with E-state index >= 15 is 0 Å². The van der Waals surface area contributed by atoms with E-state index in [1.165, 1.54) is 5.56 Å². The van der Waals surface area contributed by atoms with Crippen molar-refractivity contribution in [3.05, 3.63) is 53.2 Å². The molecule has 154 valence electrons. The number of nitrogens with one attached hydrogen (secondary N) is 1. The topological polar surface area (TPSA) is 75.5 Å². The maximum absolute atomic E-state index is 4.96.